The lowest BCUT2D eigenvalue weighted by atomic mass is 10.1. The van der Waals surface area contributed by atoms with E-state index >= 15 is 0 Å². The molecular weight excluding hydrogens is 358 g/mol. The van der Waals surface area contributed by atoms with Gasteiger partial charge in [-0.05, 0) is 41.5 Å². The highest BCUT2D eigenvalue weighted by molar-refractivity contribution is 5.94. The first-order chi connectivity index (χ1) is 12.2. The van der Waals surface area contributed by atoms with Crippen molar-refractivity contribution in [1.29, 1.82) is 0 Å². The Morgan fingerprint density at radius 1 is 1.07 bits per heavy atom. The lowest BCUT2D eigenvalue weighted by molar-refractivity contribution is -0.142. The first-order valence-electron chi connectivity index (χ1n) is 8.64. The van der Waals surface area contributed by atoms with E-state index in [1.807, 2.05) is 0 Å². The normalized spacial score (nSPS) is 20.2. The molecule has 0 aliphatic carbocycles. The van der Waals surface area contributed by atoms with Crippen LogP contribution in [0.3, 0.4) is 0 Å². The van der Waals surface area contributed by atoms with Gasteiger partial charge in [0.05, 0.1) is 12.6 Å². The van der Waals surface area contributed by atoms with Gasteiger partial charge < -0.3 is 20.3 Å². The van der Waals surface area contributed by atoms with Gasteiger partial charge in [0.2, 0.25) is 5.91 Å². The minimum atomic E-state index is -1.26. The Bertz CT molecular complexity index is 607. The van der Waals surface area contributed by atoms with Crippen molar-refractivity contribution in [2.75, 3.05) is 13.1 Å². The Morgan fingerprint density at radius 3 is 2.00 bits per heavy atom. The zero-order valence-corrected chi connectivity index (χ0v) is 16.6. The Morgan fingerprint density at radius 2 is 1.59 bits per heavy atom. The molecule has 1 heterocycles. The molecule has 154 valence electrons. The maximum absolute atomic E-state index is 12.5. The van der Waals surface area contributed by atoms with E-state index in [0.29, 0.717) is 0 Å². The fourth-order valence-corrected chi connectivity index (χ4v) is 2.62. The summed E-state index contributed by atoms with van der Waals surface area (Å²) in [5.74, 6) is -1.97. The number of carbonyl (C=O) groups excluding carboxylic acids is 3. The average molecular weight is 387 g/mol. The number of hydrogen-bond acceptors (Lipinski definition) is 7. The molecule has 27 heavy (non-hydrogen) atoms. The predicted octanol–water partition coefficient (Wildman–Crippen LogP) is 1.17. The van der Waals surface area contributed by atoms with Gasteiger partial charge in [-0.3, -0.25) is 9.69 Å². The van der Waals surface area contributed by atoms with E-state index in [-0.39, 0.29) is 13.0 Å². The van der Waals surface area contributed by atoms with Crippen molar-refractivity contribution in [3.63, 3.8) is 0 Å². The van der Waals surface area contributed by atoms with Crippen LogP contribution in [0.5, 0.6) is 0 Å². The summed E-state index contributed by atoms with van der Waals surface area (Å²) in [6, 6.07) is -2.12. The van der Waals surface area contributed by atoms with E-state index in [2.05, 4.69) is 0 Å². The molecule has 1 saturated heterocycles. The fraction of sp³-hybridized carbons (Fsp3) is 0.765. The number of rotatable bonds is 3. The Labute approximate surface area is 158 Å². The molecule has 10 nitrogen and oxygen atoms in total. The number of hydrogen-bond donors (Lipinski definition) is 2. The van der Waals surface area contributed by atoms with E-state index in [1.54, 1.807) is 41.5 Å². The third-order valence-electron chi connectivity index (χ3n) is 3.59. The first kappa shape index (κ1) is 22.7. The van der Waals surface area contributed by atoms with Crippen molar-refractivity contribution in [1.82, 2.24) is 9.80 Å². The Balaban J connectivity index is 3.11. The molecule has 1 aliphatic heterocycles. The second-order valence-electron chi connectivity index (χ2n) is 8.32. The number of carboxylic acid groups (broad SMARTS) is 1. The lowest BCUT2D eigenvalue weighted by Gasteiger charge is -2.30. The topological polar surface area (TPSA) is 139 Å². The summed E-state index contributed by atoms with van der Waals surface area (Å²) in [6.07, 6.45) is -1.90. The van der Waals surface area contributed by atoms with Crippen LogP contribution in [0.15, 0.2) is 0 Å². The minimum absolute atomic E-state index is 0.139. The molecular formula is C17H29N3O7. The second kappa shape index (κ2) is 8.12. The SMILES string of the molecule is CC(C)(C)OC(=O)N(C(=O)CN)C1C[C@@H](C(=O)O)N(C(=O)OC(C)(C)C)C1. The molecule has 0 radical (unpaired) electrons. The fourth-order valence-electron chi connectivity index (χ4n) is 2.62. The third-order valence-corrected chi connectivity index (χ3v) is 3.59. The van der Waals surface area contributed by atoms with Gasteiger partial charge in [0.25, 0.3) is 0 Å². The van der Waals surface area contributed by atoms with Crippen LogP contribution in [-0.4, -0.2) is 75.3 Å². The lowest BCUT2D eigenvalue weighted by Crippen LogP contribution is -2.50. The molecule has 0 aromatic rings. The molecule has 2 atom stereocenters. The van der Waals surface area contributed by atoms with Crippen molar-refractivity contribution < 1.29 is 33.8 Å². The van der Waals surface area contributed by atoms with Gasteiger partial charge in [0.1, 0.15) is 17.2 Å². The zero-order chi connectivity index (χ0) is 21.2. The minimum Gasteiger partial charge on any atom is -0.480 e. The maximum atomic E-state index is 12.5. The third kappa shape index (κ3) is 6.38. The number of carbonyl (C=O) groups is 4. The van der Waals surface area contributed by atoms with Gasteiger partial charge in [0.15, 0.2) is 0 Å². The highest BCUT2D eigenvalue weighted by Gasteiger charge is 2.46. The van der Waals surface area contributed by atoms with Gasteiger partial charge in [0, 0.05) is 13.0 Å². The molecule has 0 aromatic heterocycles. The van der Waals surface area contributed by atoms with Crippen molar-refractivity contribution in [2.24, 2.45) is 5.73 Å². The molecule has 3 amide bonds. The van der Waals surface area contributed by atoms with Crippen LogP contribution >= 0.6 is 0 Å². The zero-order valence-electron chi connectivity index (χ0n) is 16.6. The quantitative estimate of drug-likeness (QED) is 0.735. The van der Waals surface area contributed by atoms with Crippen LogP contribution in [-0.2, 0) is 19.1 Å². The highest BCUT2D eigenvalue weighted by Crippen LogP contribution is 2.26. The maximum Gasteiger partial charge on any atom is 0.417 e. The van der Waals surface area contributed by atoms with E-state index in [9.17, 15) is 24.3 Å². The Kier molecular flexibility index (Phi) is 6.82. The largest absolute Gasteiger partial charge is 0.480 e. The van der Waals surface area contributed by atoms with E-state index < -0.39 is 53.9 Å². The molecule has 0 spiro atoms. The highest BCUT2D eigenvalue weighted by atomic mass is 16.6. The molecule has 3 N–H and O–H groups in total. The van der Waals surface area contributed by atoms with Crippen LogP contribution in [0.25, 0.3) is 0 Å². The van der Waals surface area contributed by atoms with Gasteiger partial charge in [-0.2, -0.15) is 0 Å². The smallest absolute Gasteiger partial charge is 0.417 e. The van der Waals surface area contributed by atoms with Crippen LogP contribution in [0, 0.1) is 0 Å². The molecule has 1 fully saturated rings. The molecule has 0 bridgehead atoms. The molecule has 1 rings (SSSR count). The van der Waals surface area contributed by atoms with Crippen LogP contribution in [0.1, 0.15) is 48.0 Å². The Hall–Kier alpha value is -2.36. The van der Waals surface area contributed by atoms with Gasteiger partial charge in [-0.15, -0.1) is 0 Å². The van der Waals surface area contributed by atoms with Gasteiger partial charge in [-0.1, -0.05) is 0 Å². The van der Waals surface area contributed by atoms with Crippen molar-refractivity contribution in [3.05, 3.63) is 0 Å². The van der Waals surface area contributed by atoms with E-state index in [4.69, 9.17) is 15.2 Å². The number of ether oxygens (including phenoxy) is 2. The summed E-state index contributed by atoms with van der Waals surface area (Å²) in [4.78, 5) is 50.5. The number of carboxylic acids is 1. The number of nitrogens with zero attached hydrogens (tertiary/aromatic N) is 2. The molecule has 0 saturated carbocycles. The van der Waals surface area contributed by atoms with Crippen LogP contribution in [0.2, 0.25) is 0 Å². The molecule has 0 aromatic carbocycles. The predicted molar refractivity (Wildman–Crippen MR) is 94.9 cm³/mol. The number of imide groups is 1. The number of amides is 3. The molecule has 10 heteroatoms. The van der Waals surface area contributed by atoms with Crippen molar-refractivity contribution in [3.8, 4) is 0 Å². The number of aliphatic carboxylic acids is 1. The summed E-state index contributed by atoms with van der Waals surface area (Å²) >= 11 is 0. The average Bonchev–Trinajstić information content (AvgIpc) is 2.88. The number of nitrogens with two attached hydrogens (primary N) is 1. The molecule has 1 unspecified atom stereocenters. The first-order valence-corrected chi connectivity index (χ1v) is 8.64. The van der Waals surface area contributed by atoms with Crippen LogP contribution < -0.4 is 5.73 Å². The standard InChI is InChI=1S/C17H29N3O7/c1-16(2,3)26-14(24)19-9-10(7-11(19)13(22)23)20(12(21)8-18)15(25)27-17(4,5)6/h10-11H,7-9,18H2,1-6H3,(H,22,23)/t10?,11-/m0/s1. The summed E-state index contributed by atoms with van der Waals surface area (Å²) in [6.45, 7) is 9.22. The summed E-state index contributed by atoms with van der Waals surface area (Å²) in [7, 11) is 0. The van der Waals surface area contributed by atoms with Crippen molar-refractivity contribution in [2.45, 2.75) is 71.2 Å². The summed E-state index contributed by atoms with van der Waals surface area (Å²) < 4.78 is 10.5. The van der Waals surface area contributed by atoms with Crippen LogP contribution in [0.4, 0.5) is 9.59 Å². The monoisotopic (exact) mass is 387 g/mol. The van der Waals surface area contributed by atoms with E-state index in [1.165, 1.54) is 0 Å². The van der Waals surface area contributed by atoms with Gasteiger partial charge >= 0.3 is 18.2 Å². The van der Waals surface area contributed by atoms with E-state index in [0.717, 1.165) is 9.80 Å². The summed E-state index contributed by atoms with van der Waals surface area (Å²) in [5.41, 5.74) is 3.71. The summed E-state index contributed by atoms with van der Waals surface area (Å²) in [5, 5.41) is 9.46. The van der Waals surface area contributed by atoms with Crippen molar-refractivity contribution >= 4 is 24.1 Å². The second-order valence-corrected chi connectivity index (χ2v) is 8.32. The van der Waals surface area contributed by atoms with Gasteiger partial charge in [-0.25, -0.2) is 19.3 Å². The molecule has 1 aliphatic rings. The number of likely N-dealkylation sites (tertiary alicyclic amines) is 1.